The monoisotopic (exact) mass is 856 g/mol. The first-order valence-electron chi connectivity index (χ1n) is 25.0. The minimum absolute atomic E-state index is 0.583. The fourth-order valence-electron chi connectivity index (χ4n) is 6.11. The second kappa shape index (κ2) is 38.3. The van der Waals surface area contributed by atoms with Gasteiger partial charge in [0.25, 0.3) is 0 Å². The number of likely N-dealkylation sites (tertiary alicyclic amines) is 2. The summed E-state index contributed by atoms with van der Waals surface area (Å²) in [6.45, 7) is 46.9. The molecule has 0 radical (unpaired) electrons. The molecule has 5 heterocycles. The number of hydrogen-bond acceptors (Lipinski definition) is 8. The van der Waals surface area contributed by atoms with Crippen LogP contribution in [0.2, 0.25) is 0 Å². The van der Waals surface area contributed by atoms with Gasteiger partial charge in [0.15, 0.2) is 0 Å². The van der Waals surface area contributed by atoms with Crippen LogP contribution in [0, 0.1) is 48.3 Å². The highest BCUT2D eigenvalue weighted by molar-refractivity contribution is 4.92. The Kier molecular flexibility index (Phi) is 39.0. The van der Waals surface area contributed by atoms with Gasteiger partial charge in [-0.05, 0) is 87.7 Å². The molecular formula is C51H106FN5O3. The predicted octanol–water partition coefficient (Wildman–Crippen LogP) is 13.1. The molecule has 0 bridgehead atoms. The summed E-state index contributed by atoms with van der Waals surface area (Å²) >= 11 is 0. The molecule has 0 unspecified atom stereocenters. The lowest BCUT2D eigenvalue weighted by atomic mass is 9.81. The summed E-state index contributed by atoms with van der Waals surface area (Å²) in [4.78, 5) is 7.02. The fraction of sp³-hybridized carbons (Fsp3) is 0.961. The fourth-order valence-corrected chi connectivity index (χ4v) is 6.11. The van der Waals surface area contributed by atoms with Crippen LogP contribution >= 0.6 is 0 Å². The van der Waals surface area contributed by atoms with Gasteiger partial charge >= 0.3 is 0 Å². The van der Waals surface area contributed by atoms with Crippen molar-refractivity contribution >= 4 is 0 Å². The van der Waals surface area contributed by atoms with E-state index in [1.807, 2.05) is 0 Å². The van der Waals surface area contributed by atoms with Crippen molar-refractivity contribution in [2.24, 2.45) is 41.4 Å². The Balaban J connectivity index is 0. The quantitative estimate of drug-likeness (QED) is 0.218. The average molecular weight is 856 g/mol. The van der Waals surface area contributed by atoms with E-state index in [1.54, 1.807) is 13.8 Å². The van der Waals surface area contributed by atoms with Crippen molar-refractivity contribution in [2.75, 3.05) is 85.8 Å². The van der Waals surface area contributed by atoms with Gasteiger partial charge in [-0.1, -0.05) is 148 Å². The summed E-state index contributed by atoms with van der Waals surface area (Å²) in [6.07, 6.45) is 16.6. The zero-order valence-electron chi connectivity index (χ0n) is 43.4. The Labute approximate surface area is 374 Å². The maximum absolute atomic E-state index is 12.9. The zero-order chi connectivity index (χ0) is 45.9. The standard InChI is InChI=1S/C9H19N.C9H18.C8H16FN.C7H12N2O.C5H11NO.2C5H12.C3H6O/c1-9(2)8-10-6-4-3-5-7-10;1-8(2)6-7-9-4-3-5-9;1-7(2)4-10-5-8(3,9)6-10;1-5(2)4-7-9-8-6(3)10-7;1-6-2-4-7-5-3-6;2*1-4-5(2)3;1-2-4-3-1/h9H,3-8H2,1-2H3;8-9H,3-7H2,1-2H3;7H,4-6H2,1-3H3;5H,4H2,1-3H3;2-5H2,1H3;2*5H,4H2,1-3H3;1-3H2. The number of hydrogen-bond donors (Lipinski definition) is 0. The molecule has 5 aliphatic rings. The maximum atomic E-state index is 12.9. The number of piperidine rings is 1. The number of rotatable bonds is 11. The molecule has 1 aromatic heterocycles. The van der Waals surface area contributed by atoms with Gasteiger partial charge in [0.05, 0.1) is 13.2 Å². The lowest BCUT2D eigenvalue weighted by Crippen LogP contribution is -2.57. The molecule has 0 N–H and O–H groups in total. The summed E-state index contributed by atoms with van der Waals surface area (Å²) in [7, 11) is 2.11. The molecule has 4 saturated heterocycles. The lowest BCUT2D eigenvalue weighted by molar-refractivity contribution is -0.0232. The lowest BCUT2D eigenvalue weighted by Gasteiger charge is -2.43. The van der Waals surface area contributed by atoms with E-state index in [2.05, 4.69) is 129 Å². The molecule has 4 aliphatic heterocycles. The predicted molar refractivity (Wildman–Crippen MR) is 259 cm³/mol. The highest BCUT2D eigenvalue weighted by atomic mass is 19.1. The van der Waals surface area contributed by atoms with Crippen LogP contribution in [-0.4, -0.2) is 116 Å². The van der Waals surface area contributed by atoms with Gasteiger partial charge in [0.2, 0.25) is 11.8 Å². The van der Waals surface area contributed by atoms with Crippen LogP contribution in [0.3, 0.4) is 0 Å². The van der Waals surface area contributed by atoms with Crippen molar-refractivity contribution in [3.63, 3.8) is 0 Å². The second-order valence-corrected chi connectivity index (χ2v) is 20.8. The third-order valence-corrected chi connectivity index (χ3v) is 10.8. The van der Waals surface area contributed by atoms with Gasteiger partial charge in [-0.15, -0.1) is 10.2 Å². The summed E-state index contributed by atoms with van der Waals surface area (Å²) < 4.78 is 27.9. The molecule has 5 fully saturated rings. The topological polar surface area (TPSA) is 67.1 Å². The number of aromatic nitrogens is 2. The van der Waals surface area contributed by atoms with Crippen LogP contribution in [-0.2, 0) is 15.9 Å². The van der Waals surface area contributed by atoms with E-state index in [-0.39, 0.29) is 0 Å². The van der Waals surface area contributed by atoms with Gasteiger partial charge in [-0.25, -0.2) is 4.39 Å². The van der Waals surface area contributed by atoms with Crippen LogP contribution < -0.4 is 0 Å². The molecule has 1 saturated carbocycles. The smallest absolute Gasteiger partial charge is 0.216 e. The summed E-state index contributed by atoms with van der Waals surface area (Å²) in [5.74, 6) is 7.29. The first kappa shape index (κ1) is 61.0. The molecule has 0 aromatic carbocycles. The molecule has 60 heavy (non-hydrogen) atoms. The summed E-state index contributed by atoms with van der Waals surface area (Å²) in [5, 5.41) is 7.59. The number of aryl methyl sites for hydroxylation is 1. The molecule has 0 atom stereocenters. The molecule has 8 nitrogen and oxygen atoms in total. The van der Waals surface area contributed by atoms with Gasteiger partial charge in [0, 0.05) is 65.8 Å². The number of alkyl halides is 1. The Morgan fingerprint density at radius 2 is 1.08 bits per heavy atom. The van der Waals surface area contributed by atoms with E-state index < -0.39 is 5.67 Å². The van der Waals surface area contributed by atoms with Gasteiger partial charge in [-0.3, -0.25) is 4.90 Å². The van der Waals surface area contributed by atoms with Crippen molar-refractivity contribution < 1.29 is 18.3 Å². The van der Waals surface area contributed by atoms with Crippen molar-refractivity contribution in [1.29, 1.82) is 0 Å². The Hall–Kier alpha value is -1.13. The summed E-state index contributed by atoms with van der Waals surface area (Å²) in [5.41, 5.74) is -0.894. The van der Waals surface area contributed by atoms with Crippen molar-refractivity contribution in [3.8, 4) is 0 Å². The third kappa shape index (κ3) is 42.2. The third-order valence-electron chi connectivity index (χ3n) is 10.8. The highest BCUT2D eigenvalue weighted by Gasteiger charge is 2.38. The molecule has 9 heteroatoms. The van der Waals surface area contributed by atoms with Crippen LogP contribution in [0.25, 0.3) is 0 Å². The number of likely N-dealkylation sites (N-methyl/N-ethyl adjacent to an activating group) is 1. The molecule has 360 valence electrons. The molecule has 1 aliphatic carbocycles. The van der Waals surface area contributed by atoms with Crippen molar-refractivity contribution in [1.82, 2.24) is 24.9 Å². The van der Waals surface area contributed by atoms with E-state index in [9.17, 15) is 4.39 Å². The number of morpholine rings is 1. The number of nitrogens with zero attached hydrogens (tertiary/aromatic N) is 5. The normalized spacial score (nSPS) is 18.8. The van der Waals surface area contributed by atoms with Crippen molar-refractivity contribution in [3.05, 3.63) is 11.8 Å². The van der Waals surface area contributed by atoms with Gasteiger partial charge in [0.1, 0.15) is 5.67 Å². The van der Waals surface area contributed by atoms with Gasteiger partial charge < -0.3 is 23.7 Å². The van der Waals surface area contributed by atoms with E-state index >= 15 is 0 Å². The Morgan fingerprint density at radius 1 is 0.617 bits per heavy atom. The largest absolute Gasteiger partial charge is 0.426 e. The number of halogens is 1. The van der Waals surface area contributed by atoms with Gasteiger partial charge in [-0.2, -0.15) is 0 Å². The Morgan fingerprint density at radius 3 is 1.37 bits per heavy atom. The Bertz CT molecular complexity index is 1000. The first-order chi connectivity index (χ1) is 28.2. The maximum Gasteiger partial charge on any atom is 0.216 e. The minimum atomic E-state index is -0.894. The second-order valence-electron chi connectivity index (χ2n) is 20.8. The molecule has 1 aromatic rings. The van der Waals surface area contributed by atoms with Crippen LogP contribution in [0.4, 0.5) is 4.39 Å². The molecule has 6 rings (SSSR count). The van der Waals surface area contributed by atoms with Crippen LogP contribution in [0.5, 0.6) is 0 Å². The number of ether oxygens (including phenoxy) is 2. The first-order valence-corrected chi connectivity index (χ1v) is 25.0. The summed E-state index contributed by atoms with van der Waals surface area (Å²) in [6, 6.07) is 0. The minimum Gasteiger partial charge on any atom is -0.426 e. The van der Waals surface area contributed by atoms with Crippen LogP contribution in [0.15, 0.2) is 4.42 Å². The molecular weight excluding hydrogens is 750 g/mol. The van der Waals surface area contributed by atoms with Crippen LogP contribution in [0.1, 0.15) is 186 Å². The van der Waals surface area contributed by atoms with E-state index in [0.717, 1.165) is 88.0 Å². The SMILES string of the molecule is C1COC1.CC(C)CCC1CCC1.CC(C)CN1CC(C)(F)C1.CC(C)CN1CCCCC1.CCC(C)C.CCC(C)C.CN1CCOCC1.Cc1nnc(CC(C)C)o1. The van der Waals surface area contributed by atoms with E-state index in [0.29, 0.717) is 30.8 Å². The highest BCUT2D eigenvalue weighted by Crippen LogP contribution is 2.31. The molecule has 0 spiro atoms. The molecule has 0 amide bonds. The van der Waals surface area contributed by atoms with E-state index in [4.69, 9.17) is 13.9 Å². The zero-order valence-corrected chi connectivity index (χ0v) is 43.4. The van der Waals surface area contributed by atoms with E-state index in [1.165, 1.54) is 90.3 Å². The van der Waals surface area contributed by atoms with Crippen molar-refractivity contribution in [2.45, 2.75) is 193 Å². The average Bonchev–Trinajstić information content (AvgIpc) is 3.51.